The zero-order valence-corrected chi connectivity index (χ0v) is 15.0. The average molecular weight is 348 g/mol. The minimum atomic E-state index is -1.02. The summed E-state index contributed by atoms with van der Waals surface area (Å²) >= 11 is 1.53. The number of Topliss-reactive ketones (excluding diaryl/α,β-unsaturated/α-hetero) is 1. The molecule has 0 bridgehead atoms. The fraction of sp³-hybridized carbons (Fsp3) is 0.211. The van der Waals surface area contributed by atoms with Gasteiger partial charge in [-0.05, 0) is 32.9 Å². The van der Waals surface area contributed by atoms with Gasteiger partial charge in [0.2, 0.25) is 0 Å². The van der Waals surface area contributed by atoms with Crippen LogP contribution in [-0.2, 0) is 0 Å². The van der Waals surface area contributed by atoms with Crippen molar-refractivity contribution in [3.63, 3.8) is 0 Å². The van der Waals surface area contributed by atoms with E-state index < -0.39 is 5.92 Å². The van der Waals surface area contributed by atoms with E-state index in [1.165, 1.54) is 11.3 Å². The normalized spacial score (nSPS) is 11.8. The van der Waals surface area contributed by atoms with Gasteiger partial charge in [-0.15, -0.1) is 11.3 Å². The SMILES string of the molecule is Cc1cc(C)nc(C(C#N)C(=O)c2cccc(-c3nc(C)cs3)c2)n1. The molecule has 2 heterocycles. The topological polar surface area (TPSA) is 79.5 Å². The molecule has 3 rings (SSSR count). The van der Waals surface area contributed by atoms with Crippen LogP contribution in [0, 0.1) is 32.1 Å². The Morgan fingerprint density at radius 3 is 2.40 bits per heavy atom. The number of carbonyl (C=O) groups excluding carboxylic acids is 1. The lowest BCUT2D eigenvalue weighted by molar-refractivity contribution is 0.0976. The maximum atomic E-state index is 12.9. The van der Waals surface area contributed by atoms with E-state index in [1.54, 1.807) is 18.2 Å². The third-order valence-corrected chi connectivity index (χ3v) is 4.67. The first-order valence-corrected chi connectivity index (χ1v) is 8.64. The molecule has 0 N–H and O–H groups in total. The van der Waals surface area contributed by atoms with Gasteiger partial charge in [-0.3, -0.25) is 4.79 Å². The van der Waals surface area contributed by atoms with Crippen LogP contribution in [-0.4, -0.2) is 20.7 Å². The van der Waals surface area contributed by atoms with Crippen molar-refractivity contribution >= 4 is 17.1 Å². The molecule has 6 heteroatoms. The molecule has 5 nitrogen and oxygen atoms in total. The molecule has 0 amide bonds. The fourth-order valence-corrected chi connectivity index (χ4v) is 3.37. The molecular weight excluding hydrogens is 332 g/mol. The Morgan fingerprint density at radius 1 is 1.08 bits per heavy atom. The van der Waals surface area contributed by atoms with E-state index in [-0.39, 0.29) is 11.6 Å². The third-order valence-electron chi connectivity index (χ3n) is 3.66. The molecule has 124 valence electrons. The van der Waals surface area contributed by atoms with Crippen LogP contribution in [0.4, 0.5) is 0 Å². The van der Waals surface area contributed by atoms with Crippen LogP contribution in [0.5, 0.6) is 0 Å². The van der Waals surface area contributed by atoms with E-state index in [2.05, 4.69) is 15.0 Å². The molecule has 0 aliphatic carbocycles. The molecule has 0 radical (unpaired) electrons. The third kappa shape index (κ3) is 3.62. The molecule has 3 aromatic rings. The average Bonchev–Trinajstić information content (AvgIpc) is 3.01. The van der Waals surface area contributed by atoms with E-state index in [0.29, 0.717) is 5.56 Å². The van der Waals surface area contributed by atoms with Crippen LogP contribution in [0.3, 0.4) is 0 Å². The summed E-state index contributed by atoms with van der Waals surface area (Å²) in [6, 6.07) is 11.0. The van der Waals surface area contributed by atoms with Crippen molar-refractivity contribution in [3.8, 4) is 16.6 Å². The summed E-state index contributed by atoms with van der Waals surface area (Å²) in [4.78, 5) is 25.9. The Balaban J connectivity index is 1.98. The molecule has 0 aliphatic heterocycles. The van der Waals surface area contributed by atoms with Crippen LogP contribution in [0.15, 0.2) is 35.7 Å². The number of aromatic nitrogens is 3. The lowest BCUT2D eigenvalue weighted by Crippen LogP contribution is -2.15. The van der Waals surface area contributed by atoms with Crippen molar-refractivity contribution < 1.29 is 4.79 Å². The first kappa shape index (κ1) is 16.9. The number of nitriles is 1. The highest BCUT2D eigenvalue weighted by atomic mass is 32.1. The highest BCUT2D eigenvalue weighted by Crippen LogP contribution is 2.26. The predicted octanol–water partition coefficient (Wildman–Crippen LogP) is 4.02. The summed E-state index contributed by atoms with van der Waals surface area (Å²) in [6.07, 6.45) is 0. The van der Waals surface area contributed by atoms with Crippen molar-refractivity contribution in [1.82, 2.24) is 15.0 Å². The van der Waals surface area contributed by atoms with E-state index >= 15 is 0 Å². The summed E-state index contributed by atoms with van der Waals surface area (Å²) in [5.74, 6) is -1.07. The van der Waals surface area contributed by atoms with Gasteiger partial charge in [-0.1, -0.05) is 18.2 Å². The van der Waals surface area contributed by atoms with E-state index in [4.69, 9.17) is 0 Å². The molecule has 2 aromatic heterocycles. The van der Waals surface area contributed by atoms with Crippen molar-refractivity contribution in [2.75, 3.05) is 0 Å². The quantitative estimate of drug-likeness (QED) is 0.665. The number of benzene rings is 1. The highest BCUT2D eigenvalue weighted by molar-refractivity contribution is 7.13. The van der Waals surface area contributed by atoms with Gasteiger partial charge in [-0.2, -0.15) is 5.26 Å². The predicted molar refractivity (Wildman–Crippen MR) is 96.5 cm³/mol. The molecule has 0 aliphatic rings. The van der Waals surface area contributed by atoms with Gasteiger partial charge in [0.1, 0.15) is 5.01 Å². The van der Waals surface area contributed by atoms with Crippen molar-refractivity contribution in [1.29, 1.82) is 5.26 Å². The van der Waals surface area contributed by atoms with Crippen molar-refractivity contribution in [3.05, 3.63) is 64.2 Å². The lowest BCUT2D eigenvalue weighted by atomic mass is 9.96. The molecule has 0 saturated heterocycles. The van der Waals surface area contributed by atoms with Crippen LogP contribution >= 0.6 is 11.3 Å². The van der Waals surface area contributed by atoms with Gasteiger partial charge in [0, 0.05) is 33.6 Å². The summed E-state index contributed by atoms with van der Waals surface area (Å²) in [5.41, 5.74) is 3.74. The van der Waals surface area contributed by atoms with E-state index in [1.807, 2.05) is 44.4 Å². The number of hydrogen-bond acceptors (Lipinski definition) is 6. The van der Waals surface area contributed by atoms with Crippen LogP contribution in [0.1, 0.15) is 39.2 Å². The Kier molecular flexibility index (Phi) is 4.68. The molecule has 0 saturated carbocycles. The smallest absolute Gasteiger partial charge is 0.187 e. The number of rotatable bonds is 4. The molecule has 0 fully saturated rings. The second-order valence-corrected chi connectivity index (χ2v) is 6.67. The standard InChI is InChI=1S/C19H16N4OS/c1-11-7-12(2)22-18(21-11)16(9-20)17(24)14-5-4-6-15(8-14)19-23-13(3)10-25-19/h4-8,10,16H,1-3H3. The summed E-state index contributed by atoms with van der Waals surface area (Å²) < 4.78 is 0. The first-order valence-electron chi connectivity index (χ1n) is 7.76. The van der Waals surface area contributed by atoms with Gasteiger partial charge in [0.05, 0.1) is 6.07 Å². The fourth-order valence-electron chi connectivity index (χ4n) is 2.57. The monoisotopic (exact) mass is 348 g/mol. The summed E-state index contributed by atoms with van der Waals surface area (Å²) in [6.45, 7) is 5.57. The Hall–Kier alpha value is -2.91. The molecule has 1 unspecified atom stereocenters. The largest absolute Gasteiger partial charge is 0.292 e. The van der Waals surface area contributed by atoms with Crippen molar-refractivity contribution in [2.24, 2.45) is 0 Å². The summed E-state index contributed by atoms with van der Waals surface area (Å²) in [7, 11) is 0. The van der Waals surface area contributed by atoms with Gasteiger partial charge >= 0.3 is 0 Å². The Bertz CT molecular complexity index is 967. The van der Waals surface area contributed by atoms with Crippen LogP contribution < -0.4 is 0 Å². The van der Waals surface area contributed by atoms with Crippen LogP contribution in [0.25, 0.3) is 10.6 Å². The second kappa shape index (κ2) is 6.91. The molecule has 25 heavy (non-hydrogen) atoms. The number of nitrogens with zero attached hydrogens (tertiary/aromatic N) is 4. The van der Waals surface area contributed by atoms with Crippen LogP contribution in [0.2, 0.25) is 0 Å². The van der Waals surface area contributed by atoms with Gasteiger partial charge in [-0.25, -0.2) is 15.0 Å². The van der Waals surface area contributed by atoms with E-state index in [0.717, 1.165) is 27.7 Å². The second-order valence-electron chi connectivity index (χ2n) is 5.81. The van der Waals surface area contributed by atoms with Gasteiger partial charge in [0.15, 0.2) is 17.5 Å². The van der Waals surface area contributed by atoms with E-state index in [9.17, 15) is 10.1 Å². The Morgan fingerprint density at radius 2 is 1.80 bits per heavy atom. The number of thiazole rings is 1. The number of hydrogen-bond donors (Lipinski definition) is 0. The highest BCUT2D eigenvalue weighted by Gasteiger charge is 2.25. The maximum Gasteiger partial charge on any atom is 0.187 e. The molecule has 1 aromatic carbocycles. The molecule has 1 atom stereocenters. The first-order chi connectivity index (χ1) is 12.0. The zero-order valence-electron chi connectivity index (χ0n) is 14.1. The zero-order chi connectivity index (χ0) is 18.0. The minimum Gasteiger partial charge on any atom is -0.292 e. The molecule has 0 spiro atoms. The lowest BCUT2D eigenvalue weighted by Gasteiger charge is -2.09. The number of carbonyl (C=O) groups is 1. The maximum absolute atomic E-state index is 12.9. The summed E-state index contributed by atoms with van der Waals surface area (Å²) in [5, 5.41) is 12.3. The number of aryl methyl sites for hydroxylation is 3. The molecular formula is C19H16N4OS. The Labute approximate surface area is 150 Å². The van der Waals surface area contributed by atoms with Gasteiger partial charge < -0.3 is 0 Å². The van der Waals surface area contributed by atoms with Gasteiger partial charge in [0.25, 0.3) is 0 Å². The number of ketones is 1. The minimum absolute atomic E-state index is 0.250. The van der Waals surface area contributed by atoms with Crippen molar-refractivity contribution in [2.45, 2.75) is 26.7 Å².